The molecule has 0 spiro atoms. The zero-order valence-electron chi connectivity index (χ0n) is 12.6. The van der Waals surface area contributed by atoms with Gasteiger partial charge in [0.25, 0.3) is 0 Å². The molecule has 1 unspecified atom stereocenters. The van der Waals surface area contributed by atoms with E-state index in [1.165, 1.54) is 4.31 Å². The van der Waals surface area contributed by atoms with E-state index in [0.717, 1.165) is 12.0 Å². The van der Waals surface area contributed by atoms with Crippen LogP contribution < -0.4 is 5.73 Å². The van der Waals surface area contributed by atoms with Crippen LogP contribution in [0.25, 0.3) is 0 Å². The second-order valence-corrected chi connectivity index (χ2v) is 6.77. The molecule has 1 aromatic rings. The smallest absolute Gasteiger partial charge is 0.243 e. The average Bonchev–Trinajstić information content (AvgIpc) is 2.41. The van der Waals surface area contributed by atoms with E-state index in [2.05, 4.69) is 0 Å². The fraction of sp³-hybridized carbons (Fsp3) is 0.571. The van der Waals surface area contributed by atoms with Gasteiger partial charge in [0.05, 0.1) is 11.5 Å². The highest BCUT2D eigenvalue weighted by Crippen LogP contribution is 2.22. The number of aryl methyl sites for hydroxylation is 1. The normalized spacial score (nSPS) is 13.7. The average molecular weight is 300 g/mol. The van der Waals surface area contributed by atoms with Gasteiger partial charge in [-0.1, -0.05) is 6.92 Å². The van der Waals surface area contributed by atoms with Gasteiger partial charge in [-0.15, -0.1) is 0 Å². The third-order valence-corrected chi connectivity index (χ3v) is 5.46. The topological polar surface area (TPSA) is 72.6 Å². The molecule has 0 aliphatic heterocycles. The summed E-state index contributed by atoms with van der Waals surface area (Å²) in [6.45, 7) is 6.39. The Labute approximate surface area is 121 Å². The summed E-state index contributed by atoms with van der Waals surface area (Å²) in [5, 5.41) is 0. The predicted octanol–water partition coefficient (Wildman–Crippen LogP) is 2.01. The van der Waals surface area contributed by atoms with E-state index in [1.807, 2.05) is 13.8 Å². The molecule has 0 fully saturated rings. The van der Waals surface area contributed by atoms with Gasteiger partial charge in [0.1, 0.15) is 0 Å². The lowest BCUT2D eigenvalue weighted by Crippen LogP contribution is -2.40. The number of nitrogens with two attached hydrogens (primary N) is 1. The minimum absolute atomic E-state index is 0.0759. The van der Waals surface area contributed by atoms with Crippen molar-refractivity contribution in [2.75, 3.05) is 26.0 Å². The van der Waals surface area contributed by atoms with E-state index in [4.69, 9.17) is 10.5 Å². The van der Waals surface area contributed by atoms with Crippen LogP contribution in [-0.4, -0.2) is 39.0 Å². The van der Waals surface area contributed by atoms with Crippen molar-refractivity contribution in [3.05, 3.63) is 23.8 Å². The maximum absolute atomic E-state index is 12.7. The summed E-state index contributed by atoms with van der Waals surface area (Å²) in [6.07, 6.45) is 0.747. The van der Waals surface area contributed by atoms with Crippen LogP contribution in [-0.2, 0) is 14.8 Å². The van der Waals surface area contributed by atoms with E-state index < -0.39 is 10.0 Å². The van der Waals surface area contributed by atoms with Crippen LogP contribution >= 0.6 is 0 Å². The number of hydrogen-bond donors (Lipinski definition) is 1. The molecule has 0 saturated carbocycles. The lowest BCUT2D eigenvalue weighted by molar-refractivity contribution is 0.167. The summed E-state index contributed by atoms with van der Waals surface area (Å²) >= 11 is 0. The van der Waals surface area contributed by atoms with Gasteiger partial charge in [0, 0.05) is 25.4 Å². The van der Waals surface area contributed by atoms with Crippen molar-refractivity contribution in [2.45, 2.75) is 38.1 Å². The van der Waals surface area contributed by atoms with Gasteiger partial charge in [0.15, 0.2) is 0 Å². The Hall–Kier alpha value is -1.11. The first-order chi connectivity index (χ1) is 9.34. The summed E-state index contributed by atoms with van der Waals surface area (Å²) in [5.41, 5.74) is 7.10. The van der Waals surface area contributed by atoms with E-state index in [9.17, 15) is 8.42 Å². The molecular formula is C14H24N2O3S. The zero-order chi connectivity index (χ0) is 15.3. The van der Waals surface area contributed by atoms with Gasteiger partial charge >= 0.3 is 0 Å². The SMILES string of the molecule is CCC(C)N(CCOC)S(=O)(=O)c1ccc(N)c(C)c1. The predicted molar refractivity (Wildman–Crippen MR) is 81.1 cm³/mol. The minimum atomic E-state index is -3.53. The first-order valence-electron chi connectivity index (χ1n) is 6.71. The van der Waals surface area contributed by atoms with Gasteiger partial charge in [-0.25, -0.2) is 8.42 Å². The van der Waals surface area contributed by atoms with Crippen molar-refractivity contribution in [3.63, 3.8) is 0 Å². The van der Waals surface area contributed by atoms with Crippen LogP contribution in [0.15, 0.2) is 23.1 Å². The molecule has 0 aliphatic rings. The number of nitrogens with zero attached hydrogens (tertiary/aromatic N) is 1. The number of nitrogen functional groups attached to an aromatic ring is 1. The molecule has 0 radical (unpaired) electrons. The standard InChI is InChI=1S/C14H24N2O3S/c1-5-12(3)16(8-9-19-4)20(17,18)13-6-7-14(15)11(2)10-13/h6-7,10,12H,5,8-9,15H2,1-4H3. The van der Waals surface area contributed by atoms with E-state index in [-0.39, 0.29) is 10.9 Å². The lowest BCUT2D eigenvalue weighted by atomic mass is 10.2. The summed E-state index contributed by atoms with van der Waals surface area (Å²) in [4.78, 5) is 0.278. The molecule has 0 bridgehead atoms. The lowest BCUT2D eigenvalue weighted by Gasteiger charge is -2.27. The first-order valence-corrected chi connectivity index (χ1v) is 8.15. The molecule has 1 aromatic carbocycles. The van der Waals surface area contributed by atoms with Gasteiger partial charge in [-0.05, 0) is 44.0 Å². The van der Waals surface area contributed by atoms with Gasteiger partial charge in [-0.2, -0.15) is 4.31 Å². The Morgan fingerprint density at radius 3 is 2.55 bits per heavy atom. The Kier molecular flexibility index (Phi) is 5.98. The van der Waals surface area contributed by atoms with Crippen LogP contribution in [0.2, 0.25) is 0 Å². The highest BCUT2D eigenvalue weighted by atomic mass is 32.2. The molecule has 5 nitrogen and oxygen atoms in total. The number of methoxy groups -OCH3 is 1. The summed E-state index contributed by atoms with van der Waals surface area (Å²) in [5.74, 6) is 0. The minimum Gasteiger partial charge on any atom is -0.399 e. The van der Waals surface area contributed by atoms with Crippen molar-refractivity contribution in [1.29, 1.82) is 0 Å². The van der Waals surface area contributed by atoms with Crippen LogP contribution in [0.1, 0.15) is 25.8 Å². The number of sulfonamides is 1. The third kappa shape index (κ3) is 3.71. The maximum Gasteiger partial charge on any atom is 0.243 e. The maximum atomic E-state index is 12.7. The van der Waals surface area contributed by atoms with E-state index in [1.54, 1.807) is 32.2 Å². The van der Waals surface area contributed by atoms with Crippen molar-refractivity contribution in [1.82, 2.24) is 4.31 Å². The van der Waals surface area contributed by atoms with E-state index >= 15 is 0 Å². The monoisotopic (exact) mass is 300 g/mol. The molecule has 20 heavy (non-hydrogen) atoms. The molecule has 6 heteroatoms. The molecule has 1 rings (SSSR count). The summed E-state index contributed by atoms with van der Waals surface area (Å²) in [6, 6.07) is 4.73. The molecule has 0 amide bonds. The molecule has 0 aromatic heterocycles. The fourth-order valence-corrected chi connectivity index (χ4v) is 3.68. The fourth-order valence-electron chi connectivity index (χ4n) is 1.91. The highest BCUT2D eigenvalue weighted by molar-refractivity contribution is 7.89. The van der Waals surface area contributed by atoms with Crippen molar-refractivity contribution in [3.8, 4) is 0 Å². The molecule has 0 heterocycles. The Morgan fingerprint density at radius 2 is 2.05 bits per heavy atom. The summed E-state index contributed by atoms with van der Waals surface area (Å²) < 4.78 is 32.0. The molecule has 0 aliphatic carbocycles. The highest BCUT2D eigenvalue weighted by Gasteiger charge is 2.28. The molecule has 1 atom stereocenters. The number of benzene rings is 1. The van der Waals surface area contributed by atoms with Crippen molar-refractivity contribution >= 4 is 15.7 Å². The second-order valence-electron chi connectivity index (χ2n) is 4.88. The number of rotatable bonds is 7. The molecule has 0 saturated heterocycles. The Balaban J connectivity index is 3.17. The first kappa shape index (κ1) is 16.9. The van der Waals surface area contributed by atoms with Gasteiger partial charge in [0.2, 0.25) is 10.0 Å². The number of hydrogen-bond acceptors (Lipinski definition) is 4. The van der Waals surface area contributed by atoms with Crippen LogP contribution in [0.4, 0.5) is 5.69 Å². The van der Waals surface area contributed by atoms with Crippen LogP contribution in [0, 0.1) is 6.92 Å². The number of ether oxygens (including phenoxy) is 1. The Morgan fingerprint density at radius 1 is 1.40 bits per heavy atom. The van der Waals surface area contributed by atoms with Gasteiger partial charge < -0.3 is 10.5 Å². The quantitative estimate of drug-likeness (QED) is 0.782. The summed E-state index contributed by atoms with van der Waals surface area (Å²) in [7, 11) is -1.96. The second kappa shape index (κ2) is 7.06. The van der Waals surface area contributed by atoms with Crippen molar-refractivity contribution < 1.29 is 13.2 Å². The van der Waals surface area contributed by atoms with Crippen LogP contribution in [0.3, 0.4) is 0 Å². The third-order valence-electron chi connectivity index (χ3n) is 3.45. The largest absolute Gasteiger partial charge is 0.399 e. The Bertz CT molecular complexity index is 543. The molecule has 114 valence electrons. The van der Waals surface area contributed by atoms with Gasteiger partial charge in [-0.3, -0.25) is 0 Å². The molecular weight excluding hydrogens is 276 g/mol. The zero-order valence-corrected chi connectivity index (χ0v) is 13.4. The van der Waals surface area contributed by atoms with Crippen LogP contribution in [0.5, 0.6) is 0 Å². The number of anilines is 1. The van der Waals surface area contributed by atoms with E-state index in [0.29, 0.717) is 18.8 Å². The molecule has 2 N–H and O–H groups in total. The van der Waals surface area contributed by atoms with Crippen molar-refractivity contribution in [2.24, 2.45) is 0 Å².